The second-order valence-corrected chi connectivity index (χ2v) is 8.01. The number of hydrogen-bond donors (Lipinski definition) is 2. The van der Waals surface area contributed by atoms with E-state index in [2.05, 4.69) is 20.6 Å². The van der Waals surface area contributed by atoms with E-state index in [-0.39, 0.29) is 29.9 Å². The minimum absolute atomic E-state index is 0.0517. The van der Waals surface area contributed by atoms with Crippen LogP contribution < -0.4 is 25.8 Å². The number of carbonyl (C=O) groups is 2. The van der Waals surface area contributed by atoms with Gasteiger partial charge in [0.05, 0.1) is 17.2 Å². The first-order chi connectivity index (χ1) is 16.0. The molecule has 2 N–H and O–H groups in total. The molecule has 33 heavy (non-hydrogen) atoms. The highest BCUT2D eigenvalue weighted by molar-refractivity contribution is 5.97. The molecule has 0 radical (unpaired) electrons. The summed E-state index contributed by atoms with van der Waals surface area (Å²) in [7, 11) is 0. The fourth-order valence-electron chi connectivity index (χ4n) is 4.11. The Morgan fingerprint density at radius 3 is 2.97 bits per heavy atom. The molecule has 1 atom stereocenters. The van der Waals surface area contributed by atoms with Crippen molar-refractivity contribution in [2.75, 3.05) is 36.5 Å². The van der Waals surface area contributed by atoms with E-state index in [0.717, 1.165) is 6.20 Å². The van der Waals surface area contributed by atoms with E-state index in [1.807, 2.05) is 0 Å². The second-order valence-electron chi connectivity index (χ2n) is 8.01. The van der Waals surface area contributed by atoms with E-state index in [0.29, 0.717) is 61.0 Å². The van der Waals surface area contributed by atoms with Crippen LogP contribution in [0.2, 0.25) is 0 Å². The highest BCUT2D eigenvalue weighted by Crippen LogP contribution is 2.30. The maximum Gasteiger partial charge on any atom is 0.263 e. The SMILES string of the molecule is O=C1COc2ccc(N3C[C@@H](CNCCn4c(=O)ccc5ncc(F)cc54)CC3=O)nc2N1. The van der Waals surface area contributed by atoms with Crippen molar-refractivity contribution in [1.29, 1.82) is 0 Å². The molecule has 5 heterocycles. The maximum absolute atomic E-state index is 13.6. The standard InChI is InChI=1S/C22H21FN6O4/c23-14-8-16-15(25-10-14)1-4-20(31)28(16)6-5-24-9-13-7-21(32)29(11-13)18-3-2-17-22(26-18)27-19(30)12-33-17/h1-4,8,10,13,24H,5-7,9,11-12H2,(H,26,27,30)/t13-/m1/s1. The molecule has 170 valence electrons. The molecule has 10 nitrogen and oxygen atoms in total. The van der Waals surface area contributed by atoms with Gasteiger partial charge in [0.25, 0.3) is 11.5 Å². The van der Waals surface area contributed by atoms with E-state index < -0.39 is 5.82 Å². The monoisotopic (exact) mass is 452 g/mol. The van der Waals surface area contributed by atoms with Gasteiger partial charge in [-0.05, 0) is 24.1 Å². The van der Waals surface area contributed by atoms with Gasteiger partial charge in [-0.25, -0.2) is 9.37 Å². The summed E-state index contributed by atoms with van der Waals surface area (Å²) in [6, 6.07) is 7.68. The van der Waals surface area contributed by atoms with Crippen molar-refractivity contribution in [3.8, 4) is 5.75 Å². The normalized spacial score (nSPS) is 17.7. The fraction of sp³-hybridized carbons (Fsp3) is 0.318. The predicted molar refractivity (Wildman–Crippen MR) is 118 cm³/mol. The number of aromatic nitrogens is 3. The van der Waals surface area contributed by atoms with Crippen LogP contribution in [0.5, 0.6) is 5.75 Å². The van der Waals surface area contributed by atoms with Crippen molar-refractivity contribution in [2.45, 2.75) is 13.0 Å². The maximum atomic E-state index is 13.6. The lowest BCUT2D eigenvalue weighted by molar-refractivity contribution is -0.118. The summed E-state index contributed by atoms with van der Waals surface area (Å²) < 4.78 is 20.4. The van der Waals surface area contributed by atoms with Gasteiger partial charge in [0.15, 0.2) is 18.2 Å². The van der Waals surface area contributed by atoms with Crippen LogP contribution in [0.1, 0.15) is 6.42 Å². The fourth-order valence-corrected chi connectivity index (χ4v) is 4.11. The third kappa shape index (κ3) is 4.27. The quantitative estimate of drug-likeness (QED) is 0.534. The van der Waals surface area contributed by atoms with Crippen molar-refractivity contribution < 1.29 is 18.7 Å². The number of fused-ring (bicyclic) bond motifs is 2. The van der Waals surface area contributed by atoms with E-state index in [9.17, 15) is 18.8 Å². The molecule has 2 aliphatic heterocycles. The van der Waals surface area contributed by atoms with Crippen LogP contribution in [-0.2, 0) is 16.1 Å². The van der Waals surface area contributed by atoms with Crippen LogP contribution >= 0.6 is 0 Å². The second kappa shape index (κ2) is 8.58. The molecule has 0 bridgehead atoms. The molecule has 0 spiro atoms. The minimum atomic E-state index is -0.499. The molecule has 1 saturated heterocycles. The molecule has 3 aromatic rings. The Bertz CT molecular complexity index is 1310. The third-order valence-corrected chi connectivity index (χ3v) is 5.69. The lowest BCUT2D eigenvalue weighted by atomic mass is 10.1. The average molecular weight is 452 g/mol. The van der Waals surface area contributed by atoms with Crippen LogP contribution in [0.4, 0.5) is 16.0 Å². The first-order valence-corrected chi connectivity index (χ1v) is 10.6. The number of anilines is 2. The number of rotatable bonds is 6. The van der Waals surface area contributed by atoms with Crippen LogP contribution in [0.15, 0.2) is 41.3 Å². The van der Waals surface area contributed by atoms with E-state index in [1.54, 1.807) is 23.1 Å². The minimum Gasteiger partial charge on any atom is -0.480 e. The number of nitrogens with one attached hydrogen (secondary N) is 2. The summed E-state index contributed by atoms with van der Waals surface area (Å²) in [6.45, 7) is 1.81. The van der Waals surface area contributed by atoms with E-state index in [1.165, 1.54) is 16.7 Å². The largest absolute Gasteiger partial charge is 0.480 e. The third-order valence-electron chi connectivity index (χ3n) is 5.69. The summed E-state index contributed by atoms with van der Waals surface area (Å²) in [5, 5.41) is 5.93. The molecule has 2 amide bonds. The van der Waals surface area contributed by atoms with Crippen molar-refractivity contribution in [3.05, 3.63) is 52.7 Å². The Morgan fingerprint density at radius 2 is 2.09 bits per heavy atom. The van der Waals surface area contributed by atoms with Gasteiger partial charge >= 0.3 is 0 Å². The molecule has 3 aromatic heterocycles. The van der Waals surface area contributed by atoms with E-state index in [4.69, 9.17) is 4.74 Å². The zero-order valence-corrected chi connectivity index (χ0v) is 17.6. The molecular formula is C22H21FN6O4. The van der Waals surface area contributed by atoms with Gasteiger partial charge in [0, 0.05) is 44.7 Å². The van der Waals surface area contributed by atoms with Crippen LogP contribution in [-0.4, -0.2) is 52.6 Å². The molecule has 2 aliphatic rings. The van der Waals surface area contributed by atoms with Gasteiger partial charge < -0.3 is 19.9 Å². The first kappa shape index (κ1) is 21.0. The highest BCUT2D eigenvalue weighted by atomic mass is 19.1. The number of ether oxygens (including phenoxy) is 1. The van der Waals surface area contributed by atoms with Gasteiger partial charge in [0.1, 0.15) is 11.6 Å². The summed E-state index contributed by atoms with van der Waals surface area (Å²) in [5.41, 5.74) is 0.765. The summed E-state index contributed by atoms with van der Waals surface area (Å²) in [4.78, 5) is 46.3. The Hall–Kier alpha value is -3.86. The topological polar surface area (TPSA) is 118 Å². The van der Waals surface area contributed by atoms with Gasteiger partial charge in [-0.2, -0.15) is 0 Å². The van der Waals surface area contributed by atoms with Crippen molar-refractivity contribution in [1.82, 2.24) is 19.9 Å². The first-order valence-electron chi connectivity index (χ1n) is 10.6. The number of hydrogen-bond acceptors (Lipinski definition) is 7. The predicted octanol–water partition coefficient (Wildman–Crippen LogP) is 0.904. The van der Waals surface area contributed by atoms with Gasteiger partial charge in [0.2, 0.25) is 5.91 Å². The number of pyridine rings is 3. The van der Waals surface area contributed by atoms with Crippen molar-refractivity contribution in [2.24, 2.45) is 5.92 Å². The molecule has 5 rings (SSSR count). The van der Waals surface area contributed by atoms with Gasteiger partial charge in [-0.15, -0.1) is 0 Å². The highest BCUT2D eigenvalue weighted by Gasteiger charge is 2.32. The zero-order valence-electron chi connectivity index (χ0n) is 17.6. The Labute approximate surface area is 187 Å². The van der Waals surface area contributed by atoms with Crippen LogP contribution in [0.3, 0.4) is 0 Å². The molecule has 0 aromatic carbocycles. The Morgan fingerprint density at radius 1 is 1.21 bits per heavy atom. The molecule has 11 heteroatoms. The number of carbonyl (C=O) groups excluding carboxylic acids is 2. The van der Waals surface area contributed by atoms with Crippen LogP contribution in [0, 0.1) is 11.7 Å². The Kier molecular flexibility index (Phi) is 5.47. The Balaban J connectivity index is 1.19. The average Bonchev–Trinajstić information content (AvgIpc) is 3.17. The summed E-state index contributed by atoms with van der Waals surface area (Å²) in [5.74, 6) is 0.469. The zero-order chi connectivity index (χ0) is 22.9. The van der Waals surface area contributed by atoms with Crippen molar-refractivity contribution in [3.63, 3.8) is 0 Å². The number of nitrogens with zero attached hydrogens (tertiary/aromatic N) is 4. The lowest BCUT2D eigenvalue weighted by Gasteiger charge is -2.21. The smallest absolute Gasteiger partial charge is 0.263 e. The van der Waals surface area contributed by atoms with Gasteiger partial charge in [-0.1, -0.05) is 0 Å². The molecule has 0 unspecified atom stereocenters. The number of halogens is 1. The summed E-state index contributed by atoms with van der Waals surface area (Å²) in [6.07, 6.45) is 1.48. The van der Waals surface area contributed by atoms with E-state index >= 15 is 0 Å². The number of amides is 2. The molecule has 0 saturated carbocycles. The summed E-state index contributed by atoms with van der Waals surface area (Å²) >= 11 is 0. The molecule has 1 fully saturated rings. The lowest BCUT2D eigenvalue weighted by Crippen LogP contribution is -2.32. The van der Waals surface area contributed by atoms with Crippen LogP contribution in [0.25, 0.3) is 11.0 Å². The molecular weight excluding hydrogens is 431 g/mol. The molecule has 0 aliphatic carbocycles. The van der Waals surface area contributed by atoms with Crippen molar-refractivity contribution >= 4 is 34.5 Å². The van der Waals surface area contributed by atoms with Gasteiger partial charge in [-0.3, -0.25) is 24.3 Å².